The molecule has 10 heteroatoms. The van der Waals surface area contributed by atoms with Crippen molar-refractivity contribution in [1.29, 1.82) is 0 Å². The predicted octanol–water partition coefficient (Wildman–Crippen LogP) is 3.93. The maximum Gasteiger partial charge on any atom is 0.270 e. The van der Waals surface area contributed by atoms with Crippen molar-refractivity contribution >= 4 is 21.2 Å². The molecule has 0 amide bonds. The fraction of sp³-hybridized carbons (Fsp3) is 0.304. The maximum atomic E-state index is 12.3. The van der Waals surface area contributed by atoms with Crippen molar-refractivity contribution in [2.24, 2.45) is 5.73 Å². The van der Waals surface area contributed by atoms with E-state index in [1.54, 1.807) is 39.8 Å². The van der Waals surface area contributed by atoms with Crippen molar-refractivity contribution in [1.82, 2.24) is 20.2 Å². The van der Waals surface area contributed by atoms with Gasteiger partial charge in [0.2, 0.25) is 5.89 Å². The zero-order chi connectivity index (χ0) is 24.3. The minimum Gasteiger partial charge on any atom is -0.414 e. The van der Waals surface area contributed by atoms with Crippen molar-refractivity contribution < 1.29 is 12.8 Å². The molecular weight excluding hydrogens is 440 g/mol. The molecule has 4 N–H and O–H groups in total. The van der Waals surface area contributed by atoms with Crippen LogP contribution in [-0.2, 0) is 9.84 Å². The Morgan fingerprint density at radius 3 is 2.45 bits per heavy atom. The number of hydrogen-bond acceptors (Lipinski definition) is 9. The Kier molecular flexibility index (Phi) is 7.09. The lowest BCUT2D eigenvalue weighted by Gasteiger charge is -2.07. The van der Waals surface area contributed by atoms with Crippen LogP contribution in [0.15, 0.2) is 51.9 Å². The third kappa shape index (κ3) is 5.35. The lowest BCUT2D eigenvalue weighted by atomic mass is 10.1. The zero-order valence-electron chi connectivity index (χ0n) is 19.3. The number of nitrogens with two attached hydrogens (primary N) is 2. The first-order chi connectivity index (χ1) is 15.5. The van der Waals surface area contributed by atoms with Crippen LogP contribution in [0.2, 0.25) is 0 Å². The van der Waals surface area contributed by atoms with E-state index in [0.717, 1.165) is 11.1 Å². The van der Waals surface area contributed by atoms with Crippen LogP contribution in [0.5, 0.6) is 0 Å². The summed E-state index contributed by atoms with van der Waals surface area (Å²) in [5.41, 5.74) is 15.1. The highest BCUT2D eigenvalue weighted by molar-refractivity contribution is 7.95. The molecule has 0 bridgehead atoms. The molecule has 0 spiro atoms. The minimum absolute atomic E-state index is 0.130. The summed E-state index contributed by atoms with van der Waals surface area (Å²) in [7, 11) is -3.33. The molecule has 0 aliphatic carbocycles. The molecule has 3 aromatic rings. The first kappa shape index (κ1) is 24.3. The summed E-state index contributed by atoms with van der Waals surface area (Å²) in [5, 5.41) is 7.70. The summed E-state index contributed by atoms with van der Waals surface area (Å²) in [4.78, 5) is 8.98. The maximum absolute atomic E-state index is 12.3. The molecule has 0 aliphatic rings. The first-order valence-corrected chi connectivity index (χ1v) is 12.0. The van der Waals surface area contributed by atoms with E-state index >= 15 is 0 Å². The van der Waals surface area contributed by atoms with Crippen LogP contribution in [0.1, 0.15) is 51.9 Å². The minimum atomic E-state index is -3.33. The molecule has 0 radical (unpaired) electrons. The summed E-state index contributed by atoms with van der Waals surface area (Å²) in [6.45, 7) is 8.55. The molecule has 0 saturated carbocycles. The van der Waals surface area contributed by atoms with Crippen molar-refractivity contribution in [3.05, 3.63) is 58.8 Å². The molecule has 174 valence electrons. The standard InChI is InChI=1S/C23H28N6O3S/c1-13(2)33(30,31)15(4)10-9-14(3)19-12-26-21(25)20(27-19)23-29-28-22(32-23)18-8-6-7-17(11-18)16(5)24/h6-13,16H,24H2,1-5H3,(H2,25,26)/b14-9+,15-10+/t16-/m0/s1. The van der Waals surface area contributed by atoms with Gasteiger partial charge in [0, 0.05) is 16.5 Å². The van der Waals surface area contributed by atoms with Crippen LogP contribution >= 0.6 is 0 Å². The van der Waals surface area contributed by atoms with Gasteiger partial charge in [0.15, 0.2) is 21.3 Å². The van der Waals surface area contributed by atoms with Gasteiger partial charge in [-0.05, 0) is 64.0 Å². The second kappa shape index (κ2) is 9.63. The zero-order valence-corrected chi connectivity index (χ0v) is 20.1. The van der Waals surface area contributed by atoms with Gasteiger partial charge in [-0.15, -0.1) is 10.2 Å². The van der Waals surface area contributed by atoms with Gasteiger partial charge in [-0.3, -0.25) is 0 Å². The third-order valence-corrected chi connectivity index (χ3v) is 7.40. The fourth-order valence-corrected chi connectivity index (χ4v) is 3.93. The number of rotatable bonds is 7. The van der Waals surface area contributed by atoms with Gasteiger partial charge in [0.25, 0.3) is 5.89 Å². The van der Waals surface area contributed by atoms with E-state index in [1.807, 2.05) is 31.2 Å². The number of benzene rings is 1. The number of aromatic nitrogens is 4. The number of anilines is 1. The van der Waals surface area contributed by atoms with Gasteiger partial charge in [0.05, 0.1) is 17.1 Å². The van der Waals surface area contributed by atoms with Gasteiger partial charge in [-0.1, -0.05) is 18.2 Å². The molecule has 0 unspecified atom stereocenters. The van der Waals surface area contributed by atoms with Crippen molar-refractivity contribution in [2.75, 3.05) is 5.73 Å². The smallest absolute Gasteiger partial charge is 0.270 e. The number of allylic oxidation sites excluding steroid dienone is 4. The average Bonchev–Trinajstić information content (AvgIpc) is 3.27. The van der Waals surface area contributed by atoms with E-state index in [4.69, 9.17) is 15.9 Å². The van der Waals surface area contributed by atoms with Crippen molar-refractivity contribution in [2.45, 2.75) is 45.9 Å². The van der Waals surface area contributed by atoms with E-state index in [0.29, 0.717) is 17.2 Å². The summed E-state index contributed by atoms with van der Waals surface area (Å²) >= 11 is 0. The van der Waals surface area contributed by atoms with Crippen LogP contribution < -0.4 is 11.5 Å². The Bertz CT molecular complexity index is 1320. The monoisotopic (exact) mass is 468 g/mol. The van der Waals surface area contributed by atoms with E-state index < -0.39 is 15.1 Å². The number of nitrogens with zero attached hydrogens (tertiary/aromatic N) is 4. The third-order valence-electron chi connectivity index (χ3n) is 5.13. The molecule has 0 saturated heterocycles. The van der Waals surface area contributed by atoms with Crippen molar-refractivity contribution in [3.8, 4) is 23.0 Å². The van der Waals surface area contributed by atoms with Crippen LogP contribution in [0.25, 0.3) is 28.6 Å². The molecule has 33 heavy (non-hydrogen) atoms. The summed E-state index contributed by atoms with van der Waals surface area (Å²) in [5.74, 6) is 0.578. The van der Waals surface area contributed by atoms with E-state index in [-0.39, 0.29) is 28.3 Å². The molecule has 1 atom stereocenters. The lowest BCUT2D eigenvalue weighted by Crippen LogP contribution is -2.14. The Labute approximate surface area is 193 Å². The topological polar surface area (TPSA) is 151 Å². The van der Waals surface area contributed by atoms with Gasteiger partial charge in [0.1, 0.15) is 0 Å². The fourth-order valence-electron chi connectivity index (χ4n) is 2.93. The summed E-state index contributed by atoms with van der Waals surface area (Å²) < 4.78 is 30.3. The molecule has 3 rings (SSSR count). The largest absolute Gasteiger partial charge is 0.414 e. The van der Waals surface area contributed by atoms with Crippen LogP contribution in [0.3, 0.4) is 0 Å². The first-order valence-electron chi connectivity index (χ1n) is 10.4. The highest BCUT2D eigenvalue weighted by Gasteiger charge is 2.19. The average molecular weight is 469 g/mol. The summed E-state index contributed by atoms with van der Waals surface area (Å²) in [6, 6.07) is 7.40. The molecule has 2 heterocycles. The number of hydrogen-bond donors (Lipinski definition) is 2. The van der Waals surface area contributed by atoms with Gasteiger partial charge in [-0.2, -0.15) is 0 Å². The predicted molar refractivity (Wildman–Crippen MR) is 129 cm³/mol. The second-order valence-corrected chi connectivity index (χ2v) is 10.7. The molecule has 1 aromatic carbocycles. The van der Waals surface area contributed by atoms with Gasteiger partial charge in [-0.25, -0.2) is 18.4 Å². The lowest BCUT2D eigenvalue weighted by molar-refractivity contribution is 0.582. The quantitative estimate of drug-likeness (QED) is 0.491. The second-order valence-electron chi connectivity index (χ2n) is 8.04. The Hall–Kier alpha value is -3.37. The van der Waals surface area contributed by atoms with Crippen molar-refractivity contribution in [3.63, 3.8) is 0 Å². The highest BCUT2D eigenvalue weighted by atomic mass is 32.2. The van der Waals surface area contributed by atoms with Gasteiger partial charge < -0.3 is 15.9 Å². The van der Waals surface area contributed by atoms with Crippen LogP contribution in [0, 0.1) is 0 Å². The highest BCUT2D eigenvalue weighted by Crippen LogP contribution is 2.28. The van der Waals surface area contributed by atoms with E-state index in [9.17, 15) is 8.42 Å². The Morgan fingerprint density at radius 2 is 1.79 bits per heavy atom. The van der Waals surface area contributed by atoms with E-state index in [2.05, 4.69) is 20.2 Å². The van der Waals surface area contributed by atoms with E-state index in [1.165, 1.54) is 6.20 Å². The van der Waals surface area contributed by atoms with Crippen LogP contribution in [-0.4, -0.2) is 33.8 Å². The number of nitrogen functional groups attached to an aromatic ring is 1. The molecule has 0 aliphatic heterocycles. The Morgan fingerprint density at radius 1 is 1.09 bits per heavy atom. The molecular formula is C23H28N6O3S. The normalized spacial score (nSPS) is 14.0. The van der Waals surface area contributed by atoms with Crippen LogP contribution in [0.4, 0.5) is 5.82 Å². The SMILES string of the molecule is C/C(=C\C=C(/C)S(=O)(=O)C(C)C)c1cnc(N)c(-c2nnc(-c3cccc([C@H](C)N)c3)o2)n1. The summed E-state index contributed by atoms with van der Waals surface area (Å²) in [6.07, 6.45) is 4.74. The Balaban J connectivity index is 1.94. The molecule has 0 fully saturated rings. The molecule has 9 nitrogen and oxygen atoms in total. The molecule has 2 aromatic heterocycles. The van der Waals surface area contributed by atoms with Gasteiger partial charge >= 0.3 is 0 Å². The number of sulfone groups is 1.